The van der Waals surface area contributed by atoms with Gasteiger partial charge in [-0.15, -0.1) is 0 Å². The fourth-order valence-electron chi connectivity index (χ4n) is 1.29. The molecule has 0 aliphatic heterocycles. The minimum absolute atomic E-state index is 0.0271. The SMILES string of the molecule is N=C(N)c1cc(-c2cccnc2)ccn1. The van der Waals surface area contributed by atoms with E-state index in [-0.39, 0.29) is 5.84 Å². The molecule has 0 amide bonds. The molecular weight excluding hydrogens is 188 g/mol. The Hall–Kier alpha value is -2.23. The van der Waals surface area contributed by atoms with Crippen LogP contribution in [0.2, 0.25) is 0 Å². The lowest BCUT2D eigenvalue weighted by molar-refractivity contribution is 1.25. The normalized spacial score (nSPS) is 9.87. The van der Waals surface area contributed by atoms with Crippen LogP contribution in [-0.4, -0.2) is 15.8 Å². The summed E-state index contributed by atoms with van der Waals surface area (Å²) in [6.45, 7) is 0. The van der Waals surface area contributed by atoms with Crippen LogP contribution >= 0.6 is 0 Å². The van der Waals surface area contributed by atoms with E-state index in [2.05, 4.69) is 9.97 Å². The minimum Gasteiger partial charge on any atom is -0.382 e. The van der Waals surface area contributed by atoms with Crippen LogP contribution in [0.5, 0.6) is 0 Å². The molecule has 3 N–H and O–H groups in total. The molecule has 0 aromatic carbocycles. The zero-order valence-electron chi connectivity index (χ0n) is 8.01. The quantitative estimate of drug-likeness (QED) is 0.566. The summed E-state index contributed by atoms with van der Waals surface area (Å²) in [5.74, 6) is -0.0271. The van der Waals surface area contributed by atoms with Crippen molar-refractivity contribution in [3.8, 4) is 11.1 Å². The Morgan fingerprint density at radius 1 is 1.20 bits per heavy atom. The van der Waals surface area contributed by atoms with Crippen LogP contribution in [-0.2, 0) is 0 Å². The summed E-state index contributed by atoms with van der Waals surface area (Å²) < 4.78 is 0. The lowest BCUT2D eigenvalue weighted by Crippen LogP contribution is -2.12. The number of hydrogen-bond donors (Lipinski definition) is 2. The first-order valence-electron chi connectivity index (χ1n) is 4.48. The summed E-state index contributed by atoms with van der Waals surface area (Å²) in [4.78, 5) is 8.02. The van der Waals surface area contributed by atoms with Crippen molar-refractivity contribution in [2.75, 3.05) is 0 Å². The number of nitrogen functional groups attached to an aromatic ring is 1. The number of nitrogens with one attached hydrogen (secondary N) is 1. The van der Waals surface area contributed by atoms with Gasteiger partial charge in [-0.2, -0.15) is 0 Å². The van der Waals surface area contributed by atoms with Gasteiger partial charge in [-0.1, -0.05) is 6.07 Å². The predicted octanol–water partition coefficient (Wildman–Crippen LogP) is 1.43. The molecule has 0 bridgehead atoms. The highest BCUT2D eigenvalue weighted by Crippen LogP contribution is 2.17. The summed E-state index contributed by atoms with van der Waals surface area (Å²) in [5, 5.41) is 7.29. The van der Waals surface area contributed by atoms with Crippen molar-refractivity contribution in [1.82, 2.24) is 9.97 Å². The molecule has 15 heavy (non-hydrogen) atoms. The third-order valence-electron chi connectivity index (χ3n) is 2.03. The summed E-state index contributed by atoms with van der Waals surface area (Å²) >= 11 is 0. The van der Waals surface area contributed by atoms with E-state index in [1.165, 1.54) is 0 Å². The molecule has 74 valence electrons. The van der Waals surface area contributed by atoms with Crippen LogP contribution in [0.15, 0.2) is 42.9 Å². The molecule has 0 saturated heterocycles. The number of rotatable bonds is 2. The van der Waals surface area contributed by atoms with Crippen molar-refractivity contribution in [2.24, 2.45) is 5.73 Å². The first-order valence-corrected chi connectivity index (χ1v) is 4.48. The number of hydrogen-bond acceptors (Lipinski definition) is 3. The lowest BCUT2D eigenvalue weighted by atomic mass is 10.1. The number of nitrogens with zero attached hydrogens (tertiary/aromatic N) is 2. The number of aromatic nitrogens is 2. The molecule has 4 nitrogen and oxygen atoms in total. The highest BCUT2D eigenvalue weighted by molar-refractivity contribution is 5.94. The summed E-state index contributed by atoms with van der Waals surface area (Å²) in [5.41, 5.74) is 7.80. The second-order valence-corrected chi connectivity index (χ2v) is 3.09. The van der Waals surface area contributed by atoms with Gasteiger partial charge in [0, 0.05) is 24.2 Å². The minimum atomic E-state index is -0.0271. The number of amidine groups is 1. The van der Waals surface area contributed by atoms with E-state index in [9.17, 15) is 0 Å². The number of pyridine rings is 2. The van der Waals surface area contributed by atoms with E-state index < -0.39 is 0 Å². The van der Waals surface area contributed by atoms with Crippen molar-refractivity contribution in [3.05, 3.63) is 48.5 Å². The molecule has 4 heteroatoms. The monoisotopic (exact) mass is 198 g/mol. The Kier molecular flexibility index (Phi) is 2.41. The third kappa shape index (κ3) is 1.99. The standard InChI is InChI=1S/C11H10N4/c12-11(13)10-6-8(3-5-15-10)9-2-1-4-14-7-9/h1-7H,(H3,12,13). The maximum Gasteiger partial charge on any atom is 0.141 e. The molecule has 0 aliphatic carbocycles. The van der Waals surface area contributed by atoms with Crippen LogP contribution in [0, 0.1) is 5.41 Å². The average molecular weight is 198 g/mol. The molecule has 0 radical (unpaired) electrons. The third-order valence-corrected chi connectivity index (χ3v) is 2.03. The summed E-state index contributed by atoms with van der Waals surface area (Å²) in [6.07, 6.45) is 5.12. The van der Waals surface area contributed by atoms with E-state index in [0.29, 0.717) is 5.69 Å². The van der Waals surface area contributed by atoms with Gasteiger partial charge in [-0.05, 0) is 23.8 Å². The van der Waals surface area contributed by atoms with Crippen molar-refractivity contribution in [3.63, 3.8) is 0 Å². The van der Waals surface area contributed by atoms with Gasteiger partial charge in [0.2, 0.25) is 0 Å². The Bertz CT molecular complexity index is 479. The van der Waals surface area contributed by atoms with Crippen LogP contribution in [0.3, 0.4) is 0 Å². The average Bonchev–Trinajstić information content (AvgIpc) is 2.30. The molecule has 0 fully saturated rings. The van der Waals surface area contributed by atoms with E-state index in [4.69, 9.17) is 11.1 Å². The van der Waals surface area contributed by atoms with E-state index >= 15 is 0 Å². The first-order chi connectivity index (χ1) is 7.27. The second-order valence-electron chi connectivity index (χ2n) is 3.09. The van der Waals surface area contributed by atoms with Crippen molar-refractivity contribution in [1.29, 1.82) is 5.41 Å². The smallest absolute Gasteiger partial charge is 0.141 e. The Morgan fingerprint density at radius 3 is 2.73 bits per heavy atom. The molecule has 0 atom stereocenters. The van der Waals surface area contributed by atoms with Gasteiger partial charge in [0.05, 0.1) is 0 Å². The molecule has 0 aliphatic rings. The van der Waals surface area contributed by atoms with Crippen LogP contribution < -0.4 is 5.73 Å². The van der Waals surface area contributed by atoms with Crippen LogP contribution in [0.1, 0.15) is 5.69 Å². The molecular formula is C11H10N4. The van der Waals surface area contributed by atoms with E-state index in [0.717, 1.165) is 11.1 Å². The van der Waals surface area contributed by atoms with Gasteiger partial charge in [-0.3, -0.25) is 15.4 Å². The van der Waals surface area contributed by atoms with Gasteiger partial charge in [0.1, 0.15) is 11.5 Å². The molecule has 2 aromatic rings. The fourth-order valence-corrected chi connectivity index (χ4v) is 1.29. The number of nitrogens with two attached hydrogens (primary N) is 1. The van der Waals surface area contributed by atoms with Gasteiger partial charge < -0.3 is 5.73 Å². The zero-order valence-corrected chi connectivity index (χ0v) is 8.01. The molecule has 2 rings (SSSR count). The summed E-state index contributed by atoms with van der Waals surface area (Å²) in [7, 11) is 0. The Morgan fingerprint density at radius 2 is 2.07 bits per heavy atom. The molecule has 0 saturated carbocycles. The summed E-state index contributed by atoms with van der Waals surface area (Å²) in [6, 6.07) is 7.46. The topological polar surface area (TPSA) is 75.7 Å². The van der Waals surface area contributed by atoms with Crippen LogP contribution in [0.25, 0.3) is 11.1 Å². The largest absolute Gasteiger partial charge is 0.382 e. The van der Waals surface area contributed by atoms with Crippen LogP contribution in [0.4, 0.5) is 0 Å². The van der Waals surface area contributed by atoms with Crippen molar-refractivity contribution < 1.29 is 0 Å². The molecule has 2 heterocycles. The van der Waals surface area contributed by atoms with Crippen molar-refractivity contribution in [2.45, 2.75) is 0 Å². The predicted molar refractivity (Wildman–Crippen MR) is 58.5 cm³/mol. The van der Waals surface area contributed by atoms with E-state index in [1.807, 2.05) is 18.2 Å². The maximum atomic E-state index is 7.29. The van der Waals surface area contributed by atoms with Crippen molar-refractivity contribution >= 4 is 5.84 Å². The fraction of sp³-hybridized carbons (Fsp3) is 0. The first kappa shape index (κ1) is 9.33. The van der Waals surface area contributed by atoms with Gasteiger partial charge >= 0.3 is 0 Å². The maximum absolute atomic E-state index is 7.29. The lowest BCUT2D eigenvalue weighted by Gasteiger charge is -2.02. The molecule has 2 aromatic heterocycles. The Labute approximate surface area is 87.3 Å². The highest BCUT2D eigenvalue weighted by atomic mass is 14.8. The van der Waals surface area contributed by atoms with Gasteiger partial charge in [0.15, 0.2) is 0 Å². The second kappa shape index (κ2) is 3.88. The van der Waals surface area contributed by atoms with Gasteiger partial charge in [-0.25, -0.2) is 0 Å². The Balaban J connectivity index is 2.46. The zero-order chi connectivity index (χ0) is 10.7. The van der Waals surface area contributed by atoms with Gasteiger partial charge in [0.25, 0.3) is 0 Å². The molecule has 0 unspecified atom stereocenters. The van der Waals surface area contributed by atoms with E-state index in [1.54, 1.807) is 24.7 Å². The highest BCUT2D eigenvalue weighted by Gasteiger charge is 2.01. The molecule has 0 spiro atoms.